The Morgan fingerprint density at radius 2 is 1.17 bits per heavy atom. The molecule has 2 nitrogen and oxygen atoms in total. The van der Waals surface area contributed by atoms with Gasteiger partial charge >= 0.3 is 0 Å². The average molecular weight is 258 g/mol. The molecule has 0 saturated carbocycles. The van der Waals surface area contributed by atoms with Gasteiger partial charge in [-0.05, 0) is 19.8 Å². The van der Waals surface area contributed by atoms with Crippen molar-refractivity contribution in [1.29, 1.82) is 0 Å². The topological polar surface area (TPSA) is 26.3 Å². The predicted octanol–water partition coefficient (Wildman–Crippen LogP) is 5.15. The zero-order chi connectivity index (χ0) is 14.1. The maximum atomic E-state index is 9.81. The fourth-order valence-electron chi connectivity index (χ4n) is 1.36. The van der Waals surface area contributed by atoms with Gasteiger partial charge in [0.25, 0.3) is 0 Å². The molecule has 0 aliphatic carbocycles. The number of ether oxygens (including phenoxy) is 1. The van der Waals surface area contributed by atoms with Gasteiger partial charge < -0.3 is 9.53 Å². The molecule has 110 valence electrons. The standard InChI is InChI=1S/C12H26O.C4H8O/c1-3-5-7-9-11-13-12-10-8-6-4-2;1-3-4(2)5/h3-12H2,1-2H3;3H2,1-2H3. The van der Waals surface area contributed by atoms with Crippen LogP contribution in [-0.2, 0) is 9.53 Å². The van der Waals surface area contributed by atoms with Crippen molar-refractivity contribution in [3.63, 3.8) is 0 Å². The lowest BCUT2D eigenvalue weighted by Gasteiger charge is -2.03. The SMILES string of the molecule is CCC(C)=O.CCCCCCOCCCCCC. The number of carbonyl (C=O) groups is 1. The van der Waals surface area contributed by atoms with Crippen LogP contribution in [0.1, 0.15) is 85.5 Å². The molecule has 0 fully saturated rings. The Balaban J connectivity index is 0. The van der Waals surface area contributed by atoms with E-state index in [0.29, 0.717) is 6.42 Å². The number of carbonyl (C=O) groups excluding carboxylic acids is 1. The lowest BCUT2D eigenvalue weighted by Crippen LogP contribution is -1.96. The van der Waals surface area contributed by atoms with E-state index in [1.807, 2.05) is 6.92 Å². The number of unbranched alkanes of at least 4 members (excludes halogenated alkanes) is 6. The highest BCUT2D eigenvalue weighted by molar-refractivity contribution is 5.74. The van der Waals surface area contributed by atoms with Gasteiger partial charge in [0.1, 0.15) is 5.78 Å². The number of hydrogen-bond acceptors (Lipinski definition) is 2. The van der Waals surface area contributed by atoms with E-state index in [4.69, 9.17) is 4.74 Å². The molecular formula is C16H34O2. The van der Waals surface area contributed by atoms with Gasteiger partial charge in [-0.15, -0.1) is 0 Å². The summed E-state index contributed by atoms with van der Waals surface area (Å²) in [5, 5.41) is 0. The molecule has 0 amide bonds. The summed E-state index contributed by atoms with van der Waals surface area (Å²) < 4.78 is 5.53. The van der Waals surface area contributed by atoms with Crippen molar-refractivity contribution in [1.82, 2.24) is 0 Å². The van der Waals surface area contributed by atoms with Crippen LogP contribution >= 0.6 is 0 Å². The Kier molecular flexibility index (Phi) is 21.0. The Hall–Kier alpha value is -0.370. The van der Waals surface area contributed by atoms with Crippen LogP contribution in [0.25, 0.3) is 0 Å². The first kappa shape index (κ1) is 20.0. The van der Waals surface area contributed by atoms with Crippen LogP contribution < -0.4 is 0 Å². The van der Waals surface area contributed by atoms with Crippen LogP contribution in [0.5, 0.6) is 0 Å². The molecule has 0 N–H and O–H groups in total. The molecule has 0 atom stereocenters. The quantitative estimate of drug-likeness (QED) is 0.479. The monoisotopic (exact) mass is 258 g/mol. The molecular weight excluding hydrogens is 224 g/mol. The van der Waals surface area contributed by atoms with E-state index in [0.717, 1.165) is 13.2 Å². The van der Waals surface area contributed by atoms with Crippen LogP contribution in [0.4, 0.5) is 0 Å². The normalized spacial score (nSPS) is 9.78. The second-order valence-electron chi connectivity index (χ2n) is 4.79. The van der Waals surface area contributed by atoms with Gasteiger partial charge in [0.2, 0.25) is 0 Å². The highest BCUT2D eigenvalue weighted by Crippen LogP contribution is 2.01. The fourth-order valence-corrected chi connectivity index (χ4v) is 1.36. The molecule has 18 heavy (non-hydrogen) atoms. The molecule has 0 radical (unpaired) electrons. The van der Waals surface area contributed by atoms with Crippen molar-refractivity contribution in [3.8, 4) is 0 Å². The van der Waals surface area contributed by atoms with Crippen LogP contribution in [0.3, 0.4) is 0 Å². The van der Waals surface area contributed by atoms with Gasteiger partial charge in [0.05, 0.1) is 0 Å². The smallest absolute Gasteiger partial charge is 0.129 e. The molecule has 0 aliphatic rings. The van der Waals surface area contributed by atoms with Gasteiger partial charge in [-0.1, -0.05) is 59.3 Å². The molecule has 0 aliphatic heterocycles. The van der Waals surface area contributed by atoms with E-state index in [2.05, 4.69) is 13.8 Å². The van der Waals surface area contributed by atoms with E-state index in [-0.39, 0.29) is 5.78 Å². The number of hydrogen-bond donors (Lipinski definition) is 0. The summed E-state index contributed by atoms with van der Waals surface area (Å²) in [7, 11) is 0. The van der Waals surface area contributed by atoms with Crippen LogP contribution in [0.2, 0.25) is 0 Å². The Morgan fingerprint density at radius 1 is 0.778 bits per heavy atom. The molecule has 0 bridgehead atoms. The van der Waals surface area contributed by atoms with Crippen molar-refractivity contribution >= 4 is 5.78 Å². The number of rotatable bonds is 11. The summed E-state index contributed by atoms with van der Waals surface area (Å²) in [5.74, 6) is 0.255. The summed E-state index contributed by atoms with van der Waals surface area (Å²) in [6.45, 7) is 9.87. The van der Waals surface area contributed by atoms with Crippen molar-refractivity contribution in [2.24, 2.45) is 0 Å². The third kappa shape index (κ3) is 24.7. The maximum absolute atomic E-state index is 9.81. The Bertz CT molecular complexity index is 145. The van der Waals surface area contributed by atoms with Crippen LogP contribution in [0, 0.1) is 0 Å². The van der Waals surface area contributed by atoms with Crippen molar-refractivity contribution in [3.05, 3.63) is 0 Å². The van der Waals surface area contributed by atoms with Crippen LogP contribution in [0.15, 0.2) is 0 Å². The first-order valence-corrected chi connectivity index (χ1v) is 7.76. The van der Waals surface area contributed by atoms with Gasteiger partial charge in [-0.2, -0.15) is 0 Å². The van der Waals surface area contributed by atoms with Gasteiger partial charge in [0.15, 0.2) is 0 Å². The number of Topliss-reactive ketones (excluding diaryl/α,β-unsaturated/α-hetero) is 1. The molecule has 0 aromatic carbocycles. The highest BCUT2D eigenvalue weighted by Gasteiger charge is 1.90. The van der Waals surface area contributed by atoms with E-state index < -0.39 is 0 Å². The van der Waals surface area contributed by atoms with Crippen molar-refractivity contribution < 1.29 is 9.53 Å². The molecule has 0 heterocycles. The molecule has 0 unspecified atom stereocenters. The predicted molar refractivity (Wildman–Crippen MR) is 80.1 cm³/mol. The first-order valence-electron chi connectivity index (χ1n) is 7.76. The molecule has 0 rings (SSSR count). The minimum Gasteiger partial charge on any atom is -0.381 e. The van der Waals surface area contributed by atoms with E-state index >= 15 is 0 Å². The molecule has 0 aromatic heterocycles. The summed E-state index contributed by atoms with van der Waals surface area (Å²) in [6, 6.07) is 0. The summed E-state index contributed by atoms with van der Waals surface area (Å²) in [4.78, 5) is 9.81. The van der Waals surface area contributed by atoms with Gasteiger partial charge in [0, 0.05) is 19.6 Å². The lowest BCUT2D eigenvalue weighted by atomic mass is 10.2. The molecule has 0 aromatic rings. The minimum absolute atomic E-state index is 0.255. The van der Waals surface area contributed by atoms with Crippen molar-refractivity contribution in [2.45, 2.75) is 85.5 Å². The third-order valence-electron chi connectivity index (χ3n) is 2.78. The average Bonchev–Trinajstić information content (AvgIpc) is 2.37. The second kappa shape index (κ2) is 19.0. The molecule has 2 heteroatoms. The van der Waals surface area contributed by atoms with Crippen molar-refractivity contribution in [2.75, 3.05) is 13.2 Å². The van der Waals surface area contributed by atoms with Gasteiger partial charge in [-0.3, -0.25) is 0 Å². The maximum Gasteiger partial charge on any atom is 0.129 e. The largest absolute Gasteiger partial charge is 0.381 e. The summed E-state index contributed by atoms with van der Waals surface area (Å²) >= 11 is 0. The molecule has 0 spiro atoms. The summed E-state index contributed by atoms with van der Waals surface area (Å²) in [6.07, 6.45) is 11.2. The Morgan fingerprint density at radius 3 is 1.44 bits per heavy atom. The Labute approximate surface area is 114 Å². The van der Waals surface area contributed by atoms with Crippen LogP contribution in [-0.4, -0.2) is 19.0 Å². The fraction of sp³-hybridized carbons (Fsp3) is 0.938. The van der Waals surface area contributed by atoms with E-state index in [1.54, 1.807) is 6.92 Å². The zero-order valence-corrected chi connectivity index (χ0v) is 13.1. The third-order valence-corrected chi connectivity index (χ3v) is 2.78. The van der Waals surface area contributed by atoms with E-state index in [1.165, 1.54) is 51.4 Å². The molecule has 0 saturated heterocycles. The highest BCUT2D eigenvalue weighted by atomic mass is 16.5. The second-order valence-corrected chi connectivity index (χ2v) is 4.79. The van der Waals surface area contributed by atoms with Gasteiger partial charge in [-0.25, -0.2) is 0 Å². The minimum atomic E-state index is 0.255. The summed E-state index contributed by atoms with van der Waals surface area (Å²) in [5.41, 5.74) is 0. The first-order chi connectivity index (χ1) is 8.68. The zero-order valence-electron chi connectivity index (χ0n) is 13.1. The van der Waals surface area contributed by atoms with E-state index in [9.17, 15) is 4.79 Å². The lowest BCUT2D eigenvalue weighted by molar-refractivity contribution is -0.116. The number of ketones is 1.